The van der Waals surface area contributed by atoms with Gasteiger partial charge in [0, 0.05) is 29.5 Å². The summed E-state index contributed by atoms with van der Waals surface area (Å²) in [6.45, 7) is 1.20. The third-order valence-corrected chi connectivity index (χ3v) is 5.23. The first-order valence-electron chi connectivity index (χ1n) is 10.3. The van der Waals surface area contributed by atoms with Crippen molar-refractivity contribution in [1.29, 1.82) is 0 Å². The van der Waals surface area contributed by atoms with Gasteiger partial charge in [0.25, 0.3) is 0 Å². The number of hydrogen-bond donors (Lipinski definition) is 3. The first kappa shape index (κ1) is 24.1. The molecule has 0 radical (unpaired) electrons. The van der Waals surface area contributed by atoms with Gasteiger partial charge in [-0.1, -0.05) is 30.3 Å². The van der Waals surface area contributed by atoms with Gasteiger partial charge in [-0.2, -0.15) is 0 Å². The van der Waals surface area contributed by atoms with Crippen molar-refractivity contribution in [3.05, 3.63) is 72.3 Å². The van der Waals surface area contributed by atoms with Crippen LogP contribution < -0.4 is 10.6 Å². The third-order valence-electron chi connectivity index (χ3n) is 4.33. The highest BCUT2D eigenvalue weighted by molar-refractivity contribution is 7.13. The molecular weight excluding hydrogens is 438 g/mol. The van der Waals surface area contributed by atoms with Crippen molar-refractivity contribution in [2.75, 3.05) is 18.9 Å². The Hall–Kier alpha value is -3.60. The number of aldehydes is 1. The fourth-order valence-electron chi connectivity index (χ4n) is 2.64. The van der Waals surface area contributed by atoms with Gasteiger partial charge in [0.1, 0.15) is 23.1 Å². The summed E-state index contributed by atoms with van der Waals surface area (Å²) in [5.74, 6) is 0.539. The van der Waals surface area contributed by atoms with E-state index >= 15 is 0 Å². The number of benzene rings is 1. The monoisotopic (exact) mass is 463 g/mol. The number of anilines is 1. The summed E-state index contributed by atoms with van der Waals surface area (Å²) in [5, 5.41) is 17.5. The zero-order chi connectivity index (χ0) is 23.3. The van der Waals surface area contributed by atoms with Crippen LogP contribution in [0.25, 0.3) is 22.0 Å². The molecule has 1 aromatic carbocycles. The van der Waals surface area contributed by atoms with E-state index in [1.807, 2.05) is 29.6 Å². The molecular formula is C23H25N7O2S. The molecule has 9 nitrogen and oxygen atoms in total. The van der Waals surface area contributed by atoms with Crippen molar-refractivity contribution in [3.8, 4) is 22.0 Å². The molecule has 3 aromatic heterocycles. The number of nitrogens with zero attached hydrogens (tertiary/aromatic N) is 5. The van der Waals surface area contributed by atoms with E-state index in [4.69, 9.17) is 5.11 Å². The summed E-state index contributed by atoms with van der Waals surface area (Å²) in [6.07, 6.45) is 6.99. The first-order chi connectivity index (χ1) is 16.2. The topological polar surface area (TPSA) is 126 Å². The molecule has 4 rings (SSSR count). The molecule has 0 aliphatic heterocycles. The number of thiazole rings is 1. The van der Waals surface area contributed by atoms with E-state index in [0.29, 0.717) is 31.7 Å². The van der Waals surface area contributed by atoms with Crippen molar-refractivity contribution in [2.45, 2.75) is 19.1 Å². The van der Waals surface area contributed by atoms with Gasteiger partial charge in [0.05, 0.1) is 24.1 Å². The smallest absolute Gasteiger partial charge is 0.223 e. The third kappa shape index (κ3) is 7.79. The van der Waals surface area contributed by atoms with Crippen LogP contribution in [0.5, 0.6) is 0 Å². The summed E-state index contributed by atoms with van der Waals surface area (Å²) in [5.41, 5.74) is 3.56. The standard InChI is InChI=1S/C18H14N6S.C5H11NO2/c1-2-4-13(5-3-1)17-23-16(12-25-17)15-6-7-21-18(24-15)22-11-14-10-19-8-9-20-14;1-6-3-2-5(8)4-7/h1-10,12H,11H2,(H,21,22,24);4-6,8H,2-3H2,1H3. The molecule has 170 valence electrons. The van der Waals surface area contributed by atoms with Crippen LogP contribution in [0.15, 0.2) is 66.6 Å². The fourth-order valence-corrected chi connectivity index (χ4v) is 3.46. The average molecular weight is 464 g/mol. The van der Waals surface area contributed by atoms with Gasteiger partial charge in [-0.25, -0.2) is 15.0 Å². The summed E-state index contributed by atoms with van der Waals surface area (Å²) in [6, 6.07) is 12.0. The summed E-state index contributed by atoms with van der Waals surface area (Å²) in [7, 11) is 1.78. The Bertz CT molecular complexity index is 1110. The second kappa shape index (κ2) is 13.1. The number of nitrogens with one attached hydrogen (secondary N) is 2. The number of hydrogen-bond acceptors (Lipinski definition) is 10. The zero-order valence-corrected chi connectivity index (χ0v) is 18.9. The summed E-state index contributed by atoms with van der Waals surface area (Å²) in [4.78, 5) is 31.5. The van der Waals surface area contributed by atoms with Crippen molar-refractivity contribution in [1.82, 2.24) is 30.2 Å². The van der Waals surface area contributed by atoms with E-state index in [2.05, 4.69) is 47.7 Å². The highest BCUT2D eigenvalue weighted by atomic mass is 32.1. The maximum absolute atomic E-state index is 9.73. The van der Waals surface area contributed by atoms with Gasteiger partial charge in [-0.05, 0) is 26.1 Å². The highest BCUT2D eigenvalue weighted by Gasteiger charge is 2.09. The molecule has 0 bridgehead atoms. The average Bonchev–Trinajstić information content (AvgIpc) is 3.38. The number of carbonyl (C=O) groups is 1. The molecule has 0 saturated heterocycles. The van der Waals surface area contributed by atoms with Crippen molar-refractivity contribution < 1.29 is 9.90 Å². The predicted octanol–water partition coefficient (Wildman–Crippen LogP) is 2.82. The molecule has 0 amide bonds. The van der Waals surface area contributed by atoms with E-state index in [1.54, 1.807) is 43.2 Å². The van der Waals surface area contributed by atoms with Gasteiger partial charge < -0.3 is 20.5 Å². The molecule has 0 fully saturated rings. The quantitative estimate of drug-likeness (QED) is 0.321. The second-order valence-corrected chi connectivity index (χ2v) is 7.67. The Balaban J connectivity index is 0.000000331. The molecule has 0 spiro atoms. The van der Waals surface area contributed by atoms with Crippen molar-refractivity contribution in [3.63, 3.8) is 0 Å². The van der Waals surface area contributed by atoms with Crippen LogP contribution in [0, 0.1) is 0 Å². The van der Waals surface area contributed by atoms with Crippen LogP contribution in [0.1, 0.15) is 12.1 Å². The zero-order valence-electron chi connectivity index (χ0n) is 18.1. The number of aliphatic hydroxyl groups is 1. The Morgan fingerprint density at radius 3 is 2.64 bits per heavy atom. The second-order valence-electron chi connectivity index (χ2n) is 6.82. The number of aliphatic hydroxyl groups excluding tert-OH is 1. The van der Waals surface area contributed by atoms with E-state index in [-0.39, 0.29) is 0 Å². The lowest BCUT2D eigenvalue weighted by atomic mass is 10.2. The molecule has 3 heterocycles. The Morgan fingerprint density at radius 1 is 1.06 bits per heavy atom. The molecule has 4 aromatic rings. The van der Waals surface area contributed by atoms with Crippen molar-refractivity contribution in [2.24, 2.45) is 0 Å². The molecule has 33 heavy (non-hydrogen) atoms. The Labute approximate surface area is 196 Å². The lowest BCUT2D eigenvalue weighted by Gasteiger charge is -2.04. The minimum Gasteiger partial charge on any atom is -0.386 e. The number of aromatic nitrogens is 5. The molecule has 0 aliphatic rings. The SMILES string of the molecule is CNCCC(O)C=O.c1ccc(-c2nc(-c3ccnc(NCc4cnccn4)n3)cs2)cc1. The molecule has 0 saturated carbocycles. The van der Waals surface area contributed by atoms with Crippen LogP contribution in [0.4, 0.5) is 5.95 Å². The van der Waals surface area contributed by atoms with Crippen LogP contribution in [0.3, 0.4) is 0 Å². The normalized spacial score (nSPS) is 11.2. The van der Waals surface area contributed by atoms with E-state index in [1.165, 1.54) is 0 Å². The molecule has 3 N–H and O–H groups in total. The van der Waals surface area contributed by atoms with Crippen LogP contribution in [-0.2, 0) is 11.3 Å². The maximum atomic E-state index is 9.73. The molecule has 0 aliphatic carbocycles. The fraction of sp³-hybridized carbons (Fsp3) is 0.217. The maximum Gasteiger partial charge on any atom is 0.223 e. The highest BCUT2D eigenvalue weighted by Crippen LogP contribution is 2.27. The largest absolute Gasteiger partial charge is 0.386 e. The van der Waals surface area contributed by atoms with Gasteiger partial charge in [0.15, 0.2) is 0 Å². The molecule has 1 unspecified atom stereocenters. The minimum atomic E-state index is -0.789. The lowest BCUT2D eigenvalue weighted by molar-refractivity contribution is -0.115. The van der Waals surface area contributed by atoms with Gasteiger partial charge >= 0.3 is 0 Å². The number of rotatable bonds is 9. The number of carbonyl (C=O) groups excluding carboxylic acids is 1. The van der Waals surface area contributed by atoms with Gasteiger partial charge in [-0.15, -0.1) is 11.3 Å². The lowest BCUT2D eigenvalue weighted by Crippen LogP contribution is -2.17. The van der Waals surface area contributed by atoms with Crippen LogP contribution in [-0.4, -0.2) is 56.0 Å². The van der Waals surface area contributed by atoms with Gasteiger partial charge in [0.2, 0.25) is 5.95 Å². The van der Waals surface area contributed by atoms with Gasteiger partial charge in [-0.3, -0.25) is 9.97 Å². The summed E-state index contributed by atoms with van der Waals surface area (Å²) >= 11 is 1.60. The Kier molecular flexibility index (Phi) is 9.52. The van der Waals surface area contributed by atoms with Crippen LogP contribution >= 0.6 is 11.3 Å². The van der Waals surface area contributed by atoms with E-state index in [9.17, 15) is 4.79 Å². The van der Waals surface area contributed by atoms with Crippen LogP contribution in [0.2, 0.25) is 0 Å². The minimum absolute atomic E-state index is 0.500. The molecule has 1 atom stereocenters. The van der Waals surface area contributed by atoms with E-state index in [0.717, 1.165) is 27.7 Å². The Morgan fingerprint density at radius 2 is 1.91 bits per heavy atom. The van der Waals surface area contributed by atoms with Crippen molar-refractivity contribution >= 4 is 23.6 Å². The first-order valence-corrected chi connectivity index (χ1v) is 11.2. The predicted molar refractivity (Wildman–Crippen MR) is 129 cm³/mol. The molecule has 10 heteroatoms. The summed E-state index contributed by atoms with van der Waals surface area (Å²) < 4.78 is 0. The van der Waals surface area contributed by atoms with E-state index < -0.39 is 6.10 Å².